The summed E-state index contributed by atoms with van der Waals surface area (Å²) in [5.41, 5.74) is 0. The predicted molar refractivity (Wildman–Crippen MR) is 67.6 cm³/mol. The van der Waals surface area contributed by atoms with E-state index in [1.807, 2.05) is 0 Å². The highest BCUT2D eigenvalue weighted by molar-refractivity contribution is 4.80. The van der Waals surface area contributed by atoms with Gasteiger partial charge in [-0.2, -0.15) is 0 Å². The number of rotatable bonds is 4. The van der Waals surface area contributed by atoms with Crippen molar-refractivity contribution >= 4 is 0 Å². The normalized spacial score (nSPS) is 37.5. The van der Waals surface area contributed by atoms with Gasteiger partial charge >= 0.3 is 0 Å². The Hall–Kier alpha value is -0.0800. The number of hydrogen-bond donors (Lipinski definition) is 1. The van der Waals surface area contributed by atoms with E-state index in [1.165, 1.54) is 45.1 Å². The zero-order chi connectivity index (χ0) is 11.4. The summed E-state index contributed by atoms with van der Waals surface area (Å²) in [6.07, 6.45) is 8.70. The van der Waals surface area contributed by atoms with Crippen LogP contribution in [0.15, 0.2) is 0 Å². The lowest BCUT2D eigenvalue weighted by molar-refractivity contribution is 0.0799. The fourth-order valence-electron chi connectivity index (χ4n) is 3.16. The molecule has 0 aromatic heterocycles. The Labute approximate surface area is 100 Å². The molecule has 0 spiro atoms. The van der Waals surface area contributed by atoms with Gasteiger partial charge in [-0.05, 0) is 44.6 Å². The lowest BCUT2D eigenvalue weighted by Crippen LogP contribution is -2.41. The van der Waals surface area contributed by atoms with Gasteiger partial charge in [-0.25, -0.2) is 0 Å². The maximum Gasteiger partial charge on any atom is 0.0726 e. The molecule has 0 aromatic carbocycles. The lowest BCUT2D eigenvalue weighted by Gasteiger charge is -2.31. The van der Waals surface area contributed by atoms with Crippen molar-refractivity contribution < 1.29 is 4.74 Å². The third kappa shape index (κ3) is 3.21. The number of nitrogens with one attached hydrogen (secondary N) is 1. The summed E-state index contributed by atoms with van der Waals surface area (Å²) in [4.78, 5) is 0. The van der Waals surface area contributed by atoms with Crippen LogP contribution in [0.4, 0.5) is 0 Å². The molecular weight excluding hydrogens is 198 g/mol. The van der Waals surface area contributed by atoms with Crippen LogP contribution in [0.25, 0.3) is 0 Å². The van der Waals surface area contributed by atoms with Crippen LogP contribution in [0.1, 0.15) is 52.4 Å². The highest BCUT2D eigenvalue weighted by Crippen LogP contribution is 2.29. The van der Waals surface area contributed by atoms with Crippen molar-refractivity contribution in [3.05, 3.63) is 0 Å². The predicted octanol–water partition coefficient (Wildman–Crippen LogP) is 2.97. The monoisotopic (exact) mass is 225 g/mol. The fraction of sp³-hybridized carbons (Fsp3) is 1.00. The minimum absolute atomic E-state index is 0.471. The SMILES string of the molecule is CC1CCCCC1CNC(C)C1CCCO1. The lowest BCUT2D eigenvalue weighted by atomic mass is 9.80. The van der Waals surface area contributed by atoms with Crippen molar-refractivity contribution in [2.75, 3.05) is 13.2 Å². The Morgan fingerprint density at radius 2 is 2.00 bits per heavy atom. The first kappa shape index (κ1) is 12.4. The van der Waals surface area contributed by atoms with Gasteiger partial charge in [-0.3, -0.25) is 0 Å². The molecule has 2 nitrogen and oxygen atoms in total. The van der Waals surface area contributed by atoms with E-state index in [2.05, 4.69) is 19.2 Å². The molecule has 0 radical (unpaired) electrons. The van der Waals surface area contributed by atoms with Gasteiger partial charge in [-0.15, -0.1) is 0 Å². The average molecular weight is 225 g/mol. The number of ether oxygens (including phenoxy) is 1. The Morgan fingerprint density at radius 1 is 1.19 bits per heavy atom. The molecule has 1 aliphatic heterocycles. The summed E-state index contributed by atoms with van der Waals surface area (Å²) in [6, 6.07) is 0.539. The topological polar surface area (TPSA) is 21.3 Å². The molecule has 2 rings (SSSR count). The standard InChI is InChI=1S/C14H27NO/c1-11-6-3-4-7-13(11)10-15-12(2)14-8-5-9-16-14/h11-15H,3-10H2,1-2H3. The van der Waals surface area contributed by atoms with Crippen molar-refractivity contribution in [3.8, 4) is 0 Å². The summed E-state index contributed by atoms with van der Waals surface area (Å²) in [5, 5.41) is 3.70. The largest absolute Gasteiger partial charge is 0.377 e. The Balaban J connectivity index is 1.69. The van der Waals surface area contributed by atoms with Gasteiger partial charge in [0.1, 0.15) is 0 Å². The second-order valence-corrected chi connectivity index (χ2v) is 5.77. The van der Waals surface area contributed by atoms with E-state index < -0.39 is 0 Å². The molecule has 2 fully saturated rings. The molecule has 1 N–H and O–H groups in total. The van der Waals surface area contributed by atoms with Crippen molar-refractivity contribution in [2.45, 2.75) is 64.5 Å². The second-order valence-electron chi connectivity index (χ2n) is 5.77. The van der Waals surface area contributed by atoms with Crippen LogP contribution in [0.5, 0.6) is 0 Å². The van der Waals surface area contributed by atoms with Crippen LogP contribution in [-0.2, 0) is 4.74 Å². The summed E-state index contributed by atoms with van der Waals surface area (Å²) in [6.45, 7) is 6.87. The third-order valence-corrected chi connectivity index (χ3v) is 4.51. The zero-order valence-corrected chi connectivity index (χ0v) is 10.9. The summed E-state index contributed by atoms with van der Waals surface area (Å²) in [7, 11) is 0. The highest BCUT2D eigenvalue weighted by atomic mass is 16.5. The fourth-order valence-corrected chi connectivity index (χ4v) is 3.16. The first-order chi connectivity index (χ1) is 7.77. The molecule has 0 aromatic rings. The van der Waals surface area contributed by atoms with E-state index in [0.717, 1.165) is 18.4 Å². The summed E-state index contributed by atoms with van der Waals surface area (Å²) < 4.78 is 5.72. The van der Waals surface area contributed by atoms with Gasteiger partial charge in [-0.1, -0.05) is 26.2 Å². The minimum atomic E-state index is 0.471. The van der Waals surface area contributed by atoms with Crippen LogP contribution < -0.4 is 5.32 Å². The first-order valence-electron chi connectivity index (χ1n) is 7.12. The van der Waals surface area contributed by atoms with Crippen LogP contribution in [0.3, 0.4) is 0 Å². The van der Waals surface area contributed by atoms with Crippen LogP contribution in [0.2, 0.25) is 0 Å². The Bertz CT molecular complexity index is 201. The molecule has 16 heavy (non-hydrogen) atoms. The van der Waals surface area contributed by atoms with Crippen molar-refractivity contribution in [1.29, 1.82) is 0 Å². The minimum Gasteiger partial charge on any atom is -0.377 e. The molecule has 1 saturated heterocycles. The Kier molecular flexibility index (Phi) is 4.66. The third-order valence-electron chi connectivity index (χ3n) is 4.51. The highest BCUT2D eigenvalue weighted by Gasteiger charge is 2.25. The molecule has 0 amide bonds. The Morgan fingerprint density at radius 3 is 2.69 bits per heavy atom. The van der Waals surface area contributed by atoms with Gasteiger partial charge in [0.25, 0.3) is 0 Å². The van der Waals surface area contributed by atoms with Gasteiger partial charge in [0, 0.05) is 12.6 Å². The quantitative estimate of drug-likeness (QED) is 0.794. The van der Waals surface area contributed by atoms with Crippen LogP contribution in [-0.4, -0.2) is 25.3 Å². The molecule has 94 valence electrons. The average Bonchev–Trinajstić information content (AvgIpc) is 2.81. The maximum absolute atomic E-state index is 5.72. The van der Waals surface area contributed by atoms with Gasteiger partial charge in [0.05, 0.1) is 6.10 Å². The van der Waals surface area contributed by atoms with E-state index >= 15 is 0 Å². The van der Waals surface area contributed by atoms with E-state index in [0.29, 0.717) is 12.1 Å². The summed E-state index contributed by atoms with van der Waals surface area (Å²) in [5.74, 6) is 1.82. The van der Waals surface area contributed by atoms with Crippen LogP contribution >= 0.6 is 0 Å². The maximum atomic E-state index is 5.72. The van der Waals surface area contributed by atoms with Crippen molar-refractivity contribution in [1.82, 2.24) is 5.32 Å². The van der Waals surface area contributed by atoms with Crippen molar-refractivity contribution in [3.63, 3.8) is 0 Å². The molecule has 1 heterocycles. The van der Waals surface area contributed by atoms with Crippen molar-refractivity contribution in [2.24, 2.45) is 11.8 Å². The van der Waals surface area contributed by atoms with Crippen LogP contribution in [0, 0.1) is 11.8 Å². The number of hydrogen-bond acceptors (Lipinski definition) is 2. The van der Waals surface area contributed by atoms with Gasteiger partial charge in [0.2, 0.25) is 0 Å². The molecule has 4 unspecified atom stereocenters. The smallest absolute Gasteiger partial charge is 0.0726 e. The molecule has 1 aliphatic carbocycles. The molecule has 1 saturated carbocycles. The summed E-state index contributed by atoms with van der Waals surface area (Å²) >= 11 is 0. The van der Waals surface area contributed by atoms with E-state index in [9.17, 15) is 0 Å². The molecule has 0 bridgehead atoms. The van der Waals surface area contributed by atoms with Gasteiger partial charge < -0.3 is 10.1 Å². The van der Waals surface area contributed by atoms with E-state index in [4.69, 9.17) is 4.74 Å². The first-order valence-corrected chi connectivity index (χ1v) is 7.12. The molecular formula is C14H27NO. The second kappa shape index (κ2) is 6.02. The van der Waals surface area contributed by atoms with E-state index in [-0.39, 0.29) is 0 Å². The van der Waals surface area contributed by atoms with E-state index in [1.54, 1.807) is 0 Å². The zero-order valence-electron chi connectivity index (χ0n) is 10.9. The molecule has 2 heteroatoms. The molecule has 4 atom stereocenters. The van der Waals surface area contributed by atoms with Gasteiger partial charge in [0.15, 0.2) is 0 Å². The molecule has 2 aliphatic rings.